The van der Waals surface area contributed by atoms with E-state index in [4.69, 9.17) is 4.74 Å². The van der Waals surface area contributed by atoms with Crippen molar-refractivity contribution in [2.75, 3.05) is 7.11 Å². The second kappa shape index (κ2) is 9.31. The maximum Gasteiger partial charge on any atom is 0.336 e. The van der Waals surface area contributed by atoms with Crippen LogP contribution in [0.5, 0.6) is 11.5 Å². The monoisotopic (exact) mass is 402 g/mol. The summed E-state index contributed by atoms with van der Waals surface area (Å²) in [5, 5.41) is 22.1. The fourth-order valence-electron chi connectivity index (χ4n) is 3.57. The summed E-state index contributed by atoms with van der Waals surface area (Å²) < 4.78 is 5.39. The van der Waals surface area contributed by atoms with Gasteiger partial charge >= 0.3 is 5.97 Å². The van der Waals surface area contributed by atoms with Crippen molar-refractivity contribution in [3.8, 4) is 11.5 Å². The molecule has 30 heavy (non-hydrogen) atoms. The third-order valence-electron chi connectivity index (χ3n) is 5.01. The molecule has 0 aliphatic carbocycles. The van der Waals surface area contributed by atoms with E-state index in [1.807, 2.05) is 68.5 Å². The molecule has 0 spiro atoms. The van der Waals surface area contributed by atoms with Gasteiger partial charge in [-0.1, -0.05) is 66.3 Å². The second-order valence-corrected chi connectivity index (χ2v) is 7.42. The first kappa shape index (κ1) is 21.2. The summed E-state index contributed by atoms with van der Waals surface area (Å²) in [6.45, 7) is 3.95. The predicted octanol–water partition coefficient (Wildman–Crippen LogP) is 5.97. The van der Waals surface area contributed by atoms with Crippen LogP contribution in [0.15, 0.2) is 72.3 Å². The van der Waals surface area contributed by atoms with Gasteiger partial charge in [-0.05, 0) is 49.3 Å². The summed E-state index contributed by atoms with van der Waals surface area (Å²) in [5.74, 6) is -0.733. The Morgan fingerprint density at radius 2 is 1.77 bits per heavy atom. The first-order chi connectivity index (χ1) is 14.4. The van der Waals surface area contributed by atoms with Crippen LogP contribution in [0.3, 0.4) is 0 Å². The molecule has 0 saturated heterocycles. The van der Waals surface area contributed by atoms with Crippen LogP contribution < -0.4 is 4.74 Å². The zero-order valence-electron chi connectivity index (χ0n) is 17.5. The summed E-state index contributed by atoms with van der Waals surface area (Å²) >= 11 is 0. The zero-order valence-corrected chi connectivity index (χ0v) is 17.5. The van der Waals surface area contributed by atoms with Gasteiger partial charge in [0.05, 0.1) is 12.7 Å². The number of carboxylic acids is 1. The average Bonchev–Trinajstić information content (AvgIpc) is 2.72. The lowest BCUT2D eigenvalue weighted by Crippen LogP contribution is -2.02. The van der Waals surface area contributed by atoms with Gasteiger partial charge in [-0.25, -0.2) is 4.79 Å². The lowest BCUT2D eigenvalue weighted by molar-refractivity contribution is -0.130. The van der Waals surface area contributed by atoms with Crippen molar-refractivity contribution >= 4 is 22.3 Å². The number of carbonyl (C=O) groups is 1. The Bertz CT molecular complexity index is 1120. The van der Waals surface area contributed by atoms with Gasteiger partial charge in [0.25, 0.3) is 0 Å². The minimum atomic E-state index is -1.01. The number of benzene rings is 3. The maximum atomic E-state index is 12.1. The number of phenols is 1. The molecule has 2 N–H and O–H groups in total. The molecule has 3 aromatic carbocycles. The highest BCUT2D eigenvalue weighted by Crippen LogP contribution is 2.41. The van der Waals surface area contributed by atoms with E-state index in [0.717, 1.165) is 16.7 Å². The predicted molar refractivity (Wildman–Crippen MR) is 121 cm³/mol. The van der Waals surface area contributed by atoms with Crippen molar-refractivity contribution in [1.82, 2.24) is 0 Å². The Morgan fingerprint density at radius 1 is 1.03 bits per heavy atom. The molecule has 4 nitrogen and oxygen atoms in total. The van der Waals surface area contributed by atoms with E-state index in [-0.39, 0.29) is 17.1 Å². The molecule has 0 amide bonds. The molecule has 0 aliphatic heterocycles. The minimum Gasteiger partial charge on any atom is -0.504 e. The fraction of sp³-hybridized carbons (Fsp3) is 0.192. The van der Waals surface area contributed by atoms with Crippen LogP contribution in [0.1, 0.15) is 37.0 Å². The number of hydrogen-bond donors (Lipinski definition) is 2. The number of fused-ring (bicyclic) bond motifs is 1. The van der Waals surface area contributed by atoms with Gasteiger partial charge in [-0.3, -0.25) is 0 Å². The van der Waals surface area contributed by atoms with E-state index in [2.05, 4.69) is 0 Å². The highest BCUT2D eigenvalue weighted by atomic mass is 16.5. The molecule has 0 unspecified atom stereocenters. The minimum absolute atomic E-state index is 0.0248. The van der Waals surface area contributed by atoms with E-state index < -0.39 is 5.97 Å². The summed E-state index contributed by atoms with van der Waals surface area (Å²) in [5.41, 5.74) is 3.85. The van der Waals surface area contributed by atoms with Crippen LogP contribution in [-0.4, -0.2) is 23.3 Å². The van der Waals surface area contributed by atoms with Gasteiger partial charge in [-0.2, -0.15) is 0 Å². The van der Waals surface area contributed by atoms with E-state index in [0.29, 0.717) is 29.2 Å². The zero-order chi connectivity index (χ0) is 21.7. The molecule has 0 saturated carbocycles. The SMILES string of the molecule is COc1cc(/C(=C/CC=C(C)C)C(=O)O)c2cccc(Cc3ccccc3)c2c1O. The van der Waals surface area contributed by atoms with Crippen LogP contribution in [0.4, 0.5) is 0 Å². The number of ether oxygens (including phenoxy) is 1. The molecule has 0 radical (unpaired) electrons. The van der Waals surface area contributed by atoms with Crippen LogP contribution in [0.25, 0.3) is 16.3 Å². The maximum absolute atomic E-state index is 12.1. The van der Waals surface area contributed by atoms with Crippen molar-refractivity contribution in [1.29, 1.82) is 0 Å². The summed E-state index contributed by atoms with van der Waals surface area (Å²) in [6, 6.07) is 17.3. The Kier molecular flexibility index (Phi) is 6.58. The third-order valence-corrected chi connectivity index (χ3v) is 5.01. The number of carboxylic acid groups (broad SMARTS) is 1. The van der Waals surface area contributed by atoms with Gasteiger partial charge in [0.1, 0.15) is 0 Å². The molecule has 0 atom stereocenters. The van der Waals surface area contributed by atoms with Gasteiger partial charge in [0.15, 0.2) is 11.5 Å². The number of phenolic OH excluding ortho intramolecular Hbond substituents is 1. The average molecular weight is 402 g/mol. The summed E-state index contributed by atoms with van der Waals surface area (Å²) in [6.07, 6.45) is 4.80. The molecule has 3 rings (SSSR count). The van der Waals surface area contributed by atoms with Gasteiger partial charge in [0, 0.05) is 10.9 Å². The number of aliphatic carboxylic acids is 1. The van der Waals surface area contributed by atoms with E-state index in [1.165, 1.54) is 7.11 Å². The fourth-order valence-corrected chi connectivity index (χ4v) is 3.57. The van der Waals surface area contributed by atoms with Crippen molar-refractivity contribution in [3.05, 3.63) is 89.0 Å². The highest BCUT2D eigenvalue weighted by Gasteiger charge is 2.20. The molecular formula is C26H26O4. The van der Waals surface area contributed by atoms with Gasteiger partial charge < -0.3 is 14.9 Å². The van der Waals surface area contributed by atoms with Crippen molar-refractivity contribution in [2.45, 2.75) is 26.7 Å². The smallest absolute Gasteiger partial charge is 0.336 e. The molecule has 0 aliphatic rings. The topological polar surface area (TPSA) is 66.8 Å². The Balaban J connectivity index is 2.25. The van der Waals surface area contributed by atoms with E-state index in [1.54, 1.807) is 12.1 Å². The second-order valence-electron chi connectivity index (χ2n) is 7.42. The number of methoxy groups -OCH3 is 1. The van der Waals surface area contributed by atoms with Gasteiger partial charge in [0.2, 0.25) is 0 Å². The molecule has 154 valence electrons. The van der Waals surface area contributed by atoms with E-state index in [9.17, 15) is 15.0 Å². The first-order valence-electron chi connectivity index (χ1n) is 9.85. The quantitative estimate of drug-likeness (QED) is 0.377. The highest BCUT2D eigenvalue weighted by molar-refractivity contribution is 6.20. The lowest BCUT2D eigenvalue weighted by Gasteiger charge is -2.16. The summed E-state index contributed by atoms with van der Waals surface area (Å²) in [7, 11) is 1.47. The molecule has 3 aromatic rings. The van der Waals surface area contributed by atoms with Crippen LogP contribution >= 0.6 is 0 Å². The normalized spacial score (nSPS) is 11.4. The van der Waals surface area contributed by atoms with Crippen LogP contribution in [0, 0.1) is 0 Å². The number of aromatic hydroxyl groups is 1. The molecule has 0 aromatic heterocycles. The molecule has 0 bridgehead atoms. The van der Waals surface area contributed by atoms with Crippen molar-refractivity contribution in [2.24, 2.45) is 0 Å². The first-order valence-corrected chi connectivity index (χ1v) is 9.85. The molecule has 0 heterocycles. The molecule has 0 fully saturated rings. The van der Waals surface area contributed by atoms with Gasteiger partial charge in [-0.15, -0.1) is 0 Å². The number of rotatable bonds is 7. The Morgan fingerprint density at radius 3 is 2.40 bits per heavy atom. The number of allylic oxidation sites excluding steroid dienone is 3. The van der Waals surface area contributed by atoms with Crippen LogP contribution in [-0.2, 0) is 11.2 Å². The van der Waals surface area contributed by atoms with E-state index >= 15 is 0 Å². The third kappa shape index (κ3) is 4.54. The largest absolute Gasteiger partial charge is 0.504 e. The summed E-state index contributed by atoms with van der Waals surface area (Å²) in [4.78, 5) is 12.1. The standard InChI is InChI=1S/C26H26O4/c1-17(2)9-7-14-21(26(28)29)22-16-23(30-3)25(27)24-19(12-8-13-20(22)24)15-18-10-5-4-6-11-18/h4-6,8-14,16,27H,7,15H2,1-3H3,(H,28,29)/b21-14-. The molecule has 4 heteroatoms. The van der Waals surface area contributed by atoms with Crippen LogP contribution in [0.2, 0.25) is 0 Å². The Hall–Kier alpha value is -3.53. The molecular weight excluding hydrogens is 376 g/mol. The lowest BCUT2D eigenvalue weighted by atomic mass is 9.91. The number of hydrogen-bond acceptors (Lipinski definition) is 3. The Labute approximate surface area is 176 Å². The van der Waals surface area contributed by atoms with Crippen molar-refractivity contribution in [3.63, 3.8) is 0 Å². The van der Waals surface area contributed by atoms with Crippen molar-refractivity contribution < 1.29 is 19.7 Å².